The van der Waals surface area contributed by atoms with Crippen molar-refractivity contribution in [1.82, 2.24) is 20.6 Å². The molecule has 3 rings (SSSR count). The third-order valence-corrected chi connectivity index (χ3v) is 5.17. The van der Waals surface area contributed by atoms with Gasteiger partial charge in [-0.2, -0.15) is 0 Å². The van der Waals surface area contributed by atoms with Crippen LogP contribution < -0.4 is 15.5 Å². The first-order valence-corrected chi connectivity index (χ1v) is 9.67. The molecule has 2 aliphatic heterocycles. The standard InChI is InChI=1S/C19H31N5O/c1-13(2)18-21-14(3)12-17(23-18)24-10-7-15(8-11-24)22-16-6-4-5-9-20-19(16)25/h12-13,15-16,22H,4-11H2,1-3H3,(H,20,25). The zero-order chi connectivity index (χ0) is 17.8. The van der Waals surface area contributed by atoms with Crippen LogP contribution in [0.3, 0.4) is 0 Å². The number of aromatic nitrogens is 2. The van der Waals surface area contributed by atoms with Crippen LogP contribution in [0.2, 0.25) is 0 Å². The molecule has 2 saturated heterocycles. The lowest BCUT2D eigenvalue weighted by Gasteiger charge is -2.35. The molecule has 1 aromatic heterocycles. The zero-order valence-corrected chi connectivity index (χ0v) is 15.7. The molecule has 6 heteroatoms. The Kier molecular flexibility index (Phi) is 5.89. The van der Waals surface area contributed by atoms with Crippen molar-refractivity contribution < 1.29 is 4.79 Å². The topological polar surface area (TPSA) is 70.2 Å². The molecule has 0 aromatic carbocycles. The van der Waals surface area contributed by atoms with Crippen molar-refractivity contribution in [2.45, 2.75) is 70.9 Å². The molecule has 1 unspecified atom stereocenters. The number of anilines is 1. The van der Waals surface area contributed by atoms with Crippen molar-refractivity contribution in [3.63, 3.8) is 0 Å². The van der Waals surface area contributed by atoms with E-state index in [1.165, 1.54) is 0 Å². The Morgan fingerprint density at radius 2 is 1.96 bits per heavy atom. The predicted molar refractivity (Wildman–Crippen MR) is 99.9 cm³/mol. The summed E-state index contributed by atoms with van der Waals surface area (Å²) in [5, 5.41) is 6.60. The van der Waals surface area contributed by atoms with E-state index in [2.05, 4.69) is 40.4 Å². The number of amides is 1. The maximum absolute atomic E-state index is 12.1. The summed E-state index contributed by atoms with van der Waals surface area (Å²) in [6.07, 6.45) is 5.25. The third kappa shape index (κ3) is 4.69. The van der Waals surface area contributed by atoms with Gasteiger partial charge in [0.05, 0.1) is 6.04 Å². The average Bonchev–Trinajstić information content (AvgIpc) is 2.79. The number of carbonyl (C=O) groups excluding carboxylic acids is 1. The fraction of sp³-hybridized carbons (Fsp3) is 0.737. The van der Waals surface area contributed by atoms with Crippen LogP contribution in [0.4, 0.5) is 5.82 Å². The second kappa shape index (κ2) is 8.13. The van der Waals surface area contributed by atoms with E-state index in [1.54, 1.807) is 0 Å². The number of hydrogen-bond acceptors (Lipinski definition) is 5. The van der Waals surface area contributed by atoms with Crippen LogP contribution in [0.1, 0.15) is 63.4 Å². The number of piperidine rings is 1. The highest BCUT2D eigenvalue weighted by molar-refractivity contribution is 5.81. The molecule has 0 saturated carbocycles. The monoisotopic (exact) mass is 345 g/mol. The van der Waals surface area contributed by atoms with Gasteiger partial charge in [-0.3, -0.25) is 4.79 Å². The van der Waals surface area contributed by atoms with Crippen molar-refractivity contribution >= 4 is 11.7 Å². The van der Waals surface area contributed by atoms with Crippen molar-refractivity contribution in [2.24, 2.45) is 0 Å². The lowest BCUT2D eigenvalue weighted by molar-refractivity contribution is -0.123. The van der Waals surface area contributed by atoms with Gasteiger partial charge in [0, 0.05) is 43.4 Å². The SMILES string of the molecule is Cc1cc(N2CCC(NC3CCCCNC3=O)CC2)nc(C(C)C)n1. The highest BCUT2D eigenvalue weighted by Crippen LogP contribution is 2.21. The summed E-state index contributed by atoms with van der Waals surface area (Å²) in [7, 11) is 0. The molecule has 25 heavy (non-hydrogen) atoms. The van der Waals surface area contributed by atoms with E-state index in [0.717, 1.165) is 69.1 Å². The number of nitrogens with one attached hydrogen (secondary N) is 2. The molecule has 0 aliphatic carbocycles. The maximum Gasteiger partial charge on any atom is 0.237 e. The van der Waals surface area contributed by atoms with E-state index in [4.69, 9.17) is 4.98 Å². The summed E-state index contributed by atoms with van der Waals surface area (Å²) in [5.74, 6) is 2.48. The highest BCUT2D eigenvalue weighted by Gasteiger charge is 2.27. The normalized spacial score (nSPS) is 22.8. The van der Waals surface area contributed by atoms with E-state index in [-0.39, 0.29) is 11.9 Å². The quantitative estimate of drug-likeness (QED) is 0.875. The Balaban J connectivity index is 1.57. The molecular weight excluding hydrogens is 314 g/mol. The summed E-state index contributed by atoms with van der Waals surface area (Å²) in [6, 6.07) is 2.48. The van der Waals surface area contributed by atoms with Crippen LogP contribution in [0.15, 0.2) is 6.07 Å². The smallest absolute Gasteiger partial charge is 0.237 e. The Bertz CT molecular complexity index is 595. The number of hydrogen-bond donors (Lipinski definition) is 2. The number of rotatable bonds is 4. The van der Waals surface area contributed by atoms with Gasteiger partial charge in [0.1, 0.15) is 11.6 Å². The first-order valence-electron chi connectivity index (χ1n) is 9.67. The number of aryl methyl sites for hydroxylation is 1. The molecule has 1 atom stereocenters. The van der Waals surface area contributed by atoms with Gasteiger partial charge in [-0.05, 0) is 39.0 Å². The van der Waals surface area contributed by atoms with Gasteiger partial charge in [0.15, 0.2) is 0 Å². The number of nitrogens with zero attached hydrogens (tertiary/aromatic N) is 3. The molecule has 2 N–H and O–H groups in total. The van der Waals surface area contributed by atoms with Gasteiger partial charge in [-0.15, -0.1) is 0 Å². The van der Waals surface area contributed by atoms with Gasteiger partial charge < -0.3 is 15.5 Å². The zero-order valence-electron chi connectivity index (χ0n) is 15.7. The molecule has 138 valence electrons. The summed E-state index contributed by atoms with van der Waals surface area (Å²) in [5.41, 5.74) is 1.03. The fourth-order valence-corrected chi connectivity index (χ4v) is 3.65. The van der Waals surface area contributed by atoms with E-state index >= 15 is 0 Å². The Morgan fingerprint density at radius 3 is 2.68 bits per heavy atom. The van der Waals surface area contributed by atoms with Crippen LogP contribution >= 0.6 is 0 Å². The summed E-state index contributed by atoms with van der Waals surface area (Å²) in [6.45, 7) is 9.07. The first-order chi connectivity index (χ1) is 12.0. The van der Waals surface area contributed by atoms with Crippen LogP contribution in [0.25, 0.3) is 0 Å². The van der Waals surface area contributed by atoms with Crippen molar-refractivity contribution in [2.75, 3.05) is 24.5 Å². The highest BCUT2D eigenvalue weighted by atomic mass is 16.2. The molecule has 2 aliphatic rings. The number of carbonyl (C=O) groups is 1. The van der Waals surface area contributed by atoms with Gasteiger partial charge in [0.2, 0.25) is 5.91 Å². The predicted octanol–water partition coefficient (Wildman–Crippen LogP) is 2.14. The van der Waals surface area contributed by atoms with Crippen LogP contribution in [-0.2, 0) is 4.79 Å². The first kappa shape index (κ1) is 18.1. The van der Waals surface area contributed by atoms with Gasteiger partial charge in [0.25, 0.3) is 0 Å². The summed E-state index contributed by atoms with van der Waals surface area (Å²) >= 11 is 0. The van der Waals surface area contributed by atoms with E-state index in [1.807, 2.05) is 6.92 Å². The van der Waals surface area contributed by atoms with E-state index in [9.17, 15) is 4.79 Å². The second-order valence-corrected chi connectivity index (χ2v) is 7.65. The molecule has 2 fully saturated rings. The Labute approximate surface area is 150 Å². The summed E-state index contributed by atoms with van der Waals surface area (Å²) < 4.78 is 0. The molecule has 1 amide bonds. The van der Waals surface area contributed by atoms with Crippen molar-refractivity contribution in [3.05, 3.63) is 17.6 Å². The van der Waals surface area contributed by atoms with Gasteiger partial charge in [-0.1, -0.05) is 13.8 Å². The van der Waals surface area contributed by atoms with Crippen LogP contribution in [0, 0.1) is 6.92 Å². The molecular formula is C19H31N5O. The lowest BCUT2D eigenvalue weighted by Crippen LogP contribution is -2.51. The maximum atomic E-state index is 12.1. The molecule has 1 aromatic rings. The average molecular weight is 345 g/mol. The Morgan fingerprint density at radius 1 is 1.20 bits per heavy atom. The minimum Gasteiger partial charge on any atom is -0.356 e. The van der Waals surface area contributed by atoms with Crippen LogP contribution in [-0.4, -0.2) is 47.6 Å². The molecule has 0 radical (unpaired) electrons. The summed E-state index contributed by atoms with van der Waals surface area (Å²) in [4.78, 5) is 23.8. The van der Waals surface area contributed by atoms with Crippen molar-refractivity contribution in [3.8, 4) is 0 Å². The largest absolute Gasteiger partial charge is 0.356 e. The molecule has 6 nitrogen and oxygen atoms in total. The van der Waals surface area contributed by atoms with E-state index < -0.39 is 0 Å². The van der Waals surface area contributed by atoms with E-state index in [0.29, 0.717) is 12.0 Å². The minimum atomic E-state index is -0.0205. The van der Waals surface area contributed by atoms with Gasteiger partial charge >= 0.3 is 0 Å². The van der Waals surface area contributed by atoms with Crippen LogP contribution in [0.5, 0.6) is 0 Å². The third-order valence-electron chi connectivity index (χ3n) is 5.17. The molecule has 3 heterocycles. The lowest BCUT2D eigenvalue weighted by atomic mass is 10.0. The minimum absolute atomic E-state index is 0.0205. The molecule has 0 bridgehead atoms. The molecule has 0 spiro atoms. The second-order valence-electron chi connectivity index (χ2n) is 7.65. The van der Waals surface area contributed by atoms with Gasteiger partial charge in [-0.25, -0.2) is 9.97 Å². The van der Waals surface area contributed by atoms with Crippen molar-refractivity contribution in [1.29, 1.82) is 0 Å². The fourth-order valence-electron chi connectivity index (χ4n) is 3.65. The Hall–Kier alpha value is -1.69.